The number of amides is 2. The van der Waals surface area contributed by atoms with E-state index in [0.29, 0.717) is 10.7 Å². The lowest BCUT2D eigenvalue weighted by atomic mass is 10.1. The SMILES string of the molecule is O=C(C1=NN(c2ccc(Cl)cc2)C(=O)CC1)N1CCN(S(=O)(=O)c2ccc(Br)cc2)CC1. The Morgan fingerprint density at radius 3 is 2.19 bits per heavy atom. The van der Waals surface area contributed by atoms with E-state index in [0.717, 1.165) is 4.47 Å². The Balaban J connectivity index is 1.45. The second kappa shape index (κ2) is 9.30. The van der Waals surface area contributed by atoms with Crippen molar-refractivity contribution in [2.45, 2.75) is 17.7 Å². The first-order chi connectivity index (χ1) is 15.3. The van der Waals surface area contributed by atoms with E-state index >= 15 is 0 Å². The molecule has 2 aromatic carbocycles. The van der Waals surface area contributed by atoms with Gasteiger partial charge < -0.3 is 4.90 Å². The van der Waals surface area contributed by atoms with Gasteiger partial charge in [0.25, 0.3) is 5.91 Å². The van der Waals surface area contributed by atoms with Crippen molar-refractivity contribution in [1.82, 2.24) is 9.21 Å². The Bertz CT molecular complexity index is 1160. The summed E-state index contributed by atoms with van der Waals surface area (Å²) in [4.78, 5) is 27.1. The van der Waals surface area contributed by atoms with Crippen molar-refractivity contribution in [2.24, 2.45) is 5.10 Å². The van der Waals surface area contributed by atoms with Gasteiger partial charge in [0.1, 0.15) is 5.71 Å². The van der Waals surface area contributed by atoms with Gasteiger partial charge in [-0.3, -0.25) is 9.59 Å². The van der Waals surface area contributed by atoms with E-state index in [-0.39, 0.29) is 61.4 Å². The van der Waals surface area contributed by atoms with Gasteiger partial charge >= 0.3 is 0 Å². The molecule has 0 aromatic heterocycles. The zero-order valence-electron chi connectivity index (χ0n) is 16.9. The van der Waals surface area contributed by atoms with Gasteiger partial charge in [0.2, 0.25) is 15.9 Å². The van der Waals surface area contributed by atoms with Crippen molar-refractivity contribution >= 4 is 60.8 Å². The number of halogens is 2. The highest BCUT2D eigenvalue weighted by Gasteiger charge is 2.33. The van der Waals surface area contributed by atoms with Crippen molar-refractivity contribution in [3.05, 3.63) is 58.0 Å². The zero-order chi connectivity index (χ0) is 22.9. The van der Waals surface area contributed by atoms with Gasteiger partial charge in [0, 0.05) is 48.5 Å². The molecule has 0 N–H and O–H groups in total. The summed E-state index contributed by atoms with van der Waals surface area (Å²) in [6.45, 7) is 0.888. The molecule has 0 atom stereocenters. The molecule has 0 radical (unpaired) electrons. The maximum Gasteiger partial charge on any atom is 0.270 e. The van der Waals surface area contributed by atoms with Crippen LogP contribution in [-0.4, -0.2) is 61.3 Å². The van der Waals surface area contributed by atoms with Crippen LogP contribution in [0.2, 0.25) is 5.02 Å². The summed E-state index contributed by atoms with van der Waals surface area (Å²) in [5.74, 6) is -0.480. The average molecular weight is 540 g/mol. The fourth-order valence-electron chi connectivity index (χ4n) is 3.56. The van der Waals surface area contributed by atoms with Crippen LogP contribution in [0.1, 0.15) is 12.8 Å². The smallest absolute Gasteiger partial charge is 0.270 e. The molecule has 2 aromatic rings. The van der Waals surface area contributed by atoms with Crippen LogP contribution in [-0.2, 0) is 19.6 Å². The van der Waals surface area contributed by atoms with Crippen LogP contribution < -0.4 is 5.01 Å². The van der Waals surface area contributed by atoms with E-state index in [2.05, 4.69) is 21.0 Å². The Labute approximate surface area is 199 Å². The average Bonchev–Trinajstić information content (AvgIpc) is 2.80. The largest absolute Gasteiger partial charge is 0.335 e. The highest BCUT2D eigenvalue weighted by Crippen LogP contribution is 2.24. The van der Waals surface area contributed by atoms with Crippen molar-refractivity contribution in [1.29, 1.82) is 0 Å². The van der Waals surface area contributed by atoms with Crippen LogP contribution in [0.3, 0.4) is 0 Å². The molecule has 8 nitrogen and oxygen atoms in total. The number of benzene rings is 2. The maximum atomic E-state index is 13.0. The van der Waals surface area contributed by atoms with Crippen LogP contribution in [0.5, 0.6) is 0 Å². The summed E-state index contributed by atoms with van der Waals surface area (Å²) in [5, 5.41) is 6.05. The second-order valence-corrected chi connectivity index (χ2v) is 10.7. The second-order valence-electron chi connectivity index (χ2n) is 7.38. The Morgan fingerprint density at radius 2 is 1.56 bits per heavy atom. The molecule has 1 fully saturated rings. The van der Waals surface area contributed by atoms with Crippen LogP contribution in [0, 0.1) is 0 Å². The van der Waals surface area contributed by atoms with Crippen LogP contribution >= 0.6 is 27.5 Å². The number of hydrogen-bond acceptors (Lipinski definition) is 5. The third-order valence-corrected chi connectivity index (χ3v) is 8.02. The van der Waals surface area contributed by atoms with Gasteiger partial charge in [-0.1, -0.05) is 27.5 Å². The highest BCUT2D eigenvalue weighted by atomic mass is 79.9. The van der Waals surface area contributed by atoms with Crippen molar-refractivity contribution in [2.75, 3.05) is 31.2 Å². The molecule has 2 aliphatic heterocycles. The molecular formula is C21H20BrClN4O4S. The number of hydrazone groups is 1. The van der Waals surface area contributed by atoms with Gasteiger partial charge in [-0.05, 0) is 48.5 Å². The number of anilines is 1. The minimum absolute atomic E-state index is 0.172. The first kappa shape index (κ1) is 22.9. The van der Waals surface area contributed by atoms with Crippen LogP contribution in [0.15, 0.2) is 63.0 Å². The van der Waals surface area contributed by atoms with Gasteiger partial charge in [-0.15, -0.1) is 0 Å². The number of hydrogen-bond donors (Lipinski definition) is 0. The third kappa shape index (κ3) is 4.73. The molecular weight excluding hydrogens is 520 g/mol. The predicted octanol–water partition coefficient (Wildman–Crippen LogP) is 3.12. The quantitative estimate of drug-likeness (QED) is 0.597. The molecule has 0 saturated carbocycles. The fourth-order valence-corrected chi connectivity index (χ4v) is 5.37. The van der Waals surface area contributed by atoms with E-state index in [1.165, 1.54) is 9.31 Å². The van der Waals surface area contributed by atoms with E-state index < -0.39 is 10.0 Å². The molecule has 0 bridgehead atoms. The molecule has 0 spiro atoms. The molecule has 32 heavy (non-hydrogen) atoms. The molecule has 4 rings (SSSR count). The number of nitrogens with zero attached hydrogens (tertiary/aromatic N) is 4. The zero-order valence-corrected chi connectivity index (χ0v) is 20.1. The summed E-state index contributed by atoms with van der Waals surface area (Å²) < 4.78 is 27.9. The normalized spacial score (nSPS) is 17.9. The van der Waals surface area contributed by atoms with Gasteiger partial charge in [0.15, 0.2) is 0 Å². The summed E-state index contributed by atoms with van der Waals surface area (Å²) in [5.41, 5.74) is 0.818. The number of sulfonamides is 1. The Morgan fingerprint density at radius 1 is 0.938 bits per heavy atom. The number of carbonyl (C=O) groups is 2. The lowest BCUT2D eigenvalue weighted by Crippen LogP contribution is -2.52. The lowest BCUT2D eigenvalue weighted by Gasteiger charge is -2.35. The molecule has 168 valence electrons. The summed E-state index contributed by atoms with van der Waals surface area (Å²) in [7, 11) is -3.63. The Kier molecular flexibility index (Phi) is 6.66. The van der Waals surface area contributed by atoms with E-state index in [9.17, 15) is 18.0 Å². The van der Waals surface area contributed by atoms with Gasteiger partial charge in [-0.25, -0.2) is 13.4 Å². The molecule has 2 aliphatic rings. The number of rotatable bonds is 4. The summed E-state index contributed by atoms with van der Waals surface area (Å²) in [6, 6.07) is 13.1. The van der Waals surface area contributed by atoms with E-state index in [1.807, 2.05) is 0 Å². The third-order valence-electron chi connectivity index (χ3n) is 5.33. The molecule has 0 aliphatic carbocycles. The maximum absolute atomic E-state index is 13.0. The monoisotopic (exact) mass is 538 g/mol. The van der Waals surface area contributed by atoms with Crippen LogP contribution in [0.4, 0.5) is 5.69 Å². The highest BCUT2D eigenvalue weighted by molar-refractivity contribution is 9.10. The number of piperazine rings is 1. The summed E-state index contributed by atoms with van der Waals surface area (Å²) in [6.07, 6.45) is 0.421. The first-order valence-electron chi connectivity index (χ1n) is 9.97. The minimum atomic E-state index is -3.63. The van der Waals surface area contributed by atoms with Crippen molar-refractivity contribution < 1.29 is 18.0 Å². The van der Waals surface area contributed by atoms with E-state index in [1.54, 1.807) is 53.4 Å². The first-order valence-corrected chi connectivity index (χ1v) is 12.6. The molecule has 11 heteroatoms. The minimum Gasteiger partial charge on any atom is -0.335 e. The lowest BCUT2D eigenvalue weighted by molar-refractivity contribution is -0.125. The van der Waals surface area contributed by atoms with E-state index in [4.69, 9.17) is 11.6 Å². The number of carbonyl (C=O) groups excluding carboxylic acids is 2. The van der Waals surface area contributed by atoms with Crippen molar-refractivity contribution in [3.8, 4) is 0 Å². The predicted molar refractivity (Wildman–Crippen MR) is 125 cm³/mol. The molecule has 0 unspecified atom stereocenters. The standard InChI is InChI=1S/C21H20BrClN4O4S/c22-15-1-7-18(8-2-15)32(30,31)26-13-11-25(12-14-26)21(29)19-9-10-20(28)27(24-19)17-5-3-16(23)4-6-17/h1-8H,9-14H2. The molecule has 2 heterocycles. The fraction of sp³-hybridized carbons (Fsp3) is 0.286. The van der Waals surface area contributed by atoms with Gasteiger partial charge in [0.05, 0.1) is 10.6 Å². The molecule has 1 saturated heterocycles. The van der Waals surface area contributed by atoms with Gasteiger partial charge in [-0.2, -0.15) is 9.41 Å². The van der Waals surface area contributed by atoms with Crippen LogP contribution in [0.25, 0.3) is 0 Å². The van der Waals surface area contributed by atoms with Crippen molar-refractivity contribution in [3.63, 3.8) is 0 Å². The Hall–Kier alpha value is -2.27. The summed E-state index contributed by atoms with van der Waals surface area (Å²) >= 11 is 9.21. The topological polar surface area (TPSA) is 90.4 Å². The molecule has 2 amide bonds.